The maximum absolute atomic E-state index is 12.0. The SMILES string of the molecule is CCCN1CCC(CNC(=O)Nc2ccc(Br)cc2Br)CC1. The fraction of sp³-hybridized carbons (Fsp3) is 0.562. The second-order valence-electron chi connectivity index (χ2n) is 5.74. The van der Waals surface area contributed by atoms with Gasteiger partial charge in [0.15, 0.2) is 0 Å². The number of hydrogen-bond donors (Lipinski definition) is 2. The molecule has 6 heteroatoms. The molecule has 1 heterocycles. The van der Waals surface area contributed by atoms with Gasteiger partial charge in [0, 0.05) is 15.5 Å². The topological polar surface area (TPSA) is 44.4 Å². The van der Waals surface area contributed by atoms with Gasteiger partial charge in [0.05, 0.1) is 5.69 Å². The van der Waals surface area contributed by atoms with Crippen LogP contribution in [-0.2, 0) is 0 Å². The number of benzene rings is 1. The van der Waals surface area contributed by atoms with Crippen molar-refractivity contribution in [2.45, 2.75) is 26.2 Å². The number of nitrogens with zero attached hydrogens (tertiary/aromatic N) is 1. The monoisotopic (exact) mass is 431 g/mol. The Morgan fingerprint density at radius 1 is 1.32 bits per heavy atom. The van der Waals surface area contributed by atoms with Crippen molar-refractivity contribution in [3.8, 4) is 0 Å². The summed E-state index contributed by atoms with van der Waals surface area (Å²) in [6, 6.07) is 5.55. The molecule has 1 aliphatic heterocycles. The second kappa shape index (κ2) is 8.89. The number of amides is 2. The van der Waals surface area contributed by atoms with Gasteiger partial charge in [-0.15, -0.1) is 0 Å². The Hall–Kier alpha value is -0.590. The molecule has 1 saturated heterocycles. The van der Waals surface area contributed by atoms with Crippen molar-refractivity contribution in [3.05, 3.63) is 27.1 Å². The van der Waals surface area contributed by atoms with Crippen LogP contribution in [0.25, 0.3) is 0 Å². The molecule has 122 valence electrons. The van der Waals surface area contributed by atoms with Gasteiger partial charge in [-0.05, 0) is 78.9 Å². The third kappa shape index (κ3) is 5.56. The van der Waals surface area contributed by atoms with Crippen LogP contribution in [0.2, 0.25) is 0 Å². The third-order valence-electron chi connectivity index (χ3n) is 3.98. The number of anilines is 1. The van der Waals surface area contributed by atoms with E-state index in [2.05, 4.69) is 54.3 Å². The van der Waals surface area contributed by atoms with Crippen LogP contribution in [0.4, 0.5) is 10.5 Å². The number of hydrogen-bond acceptors (Lipinski definition) is 2. The van der Waals surface area contributed by atoms with Gasteiger partial charge in [-0.1, -0.05) is 22.9 Å². The number of carbonyl (C=O) groups excluding carboxylic acids is 1. The van der Waals surface area contributed by atoms with Gasteiger partial charge in [0.1, 0.15) is 0 Å². The van der Waals surface area contributed by atoms with Crippen LogP contribution >= 0.6 is 31.9 Å². The Morgan fingerprint density at radius 2 is 2.05 bits per heavy atom. The molecule has 0 aliphatic carbocycles. The molecule has 1 aromatic carbocycles. The van der Waals surface area contributed by atoms with E-state index in [1.807, 2.05) is 18.2 Å². The van der Waals surface area contributed by atoms with E-state index in [0.29, 0.717) is 5.92 Å². The molecule has 4 nitrogen and oxygen atoms in total. The molecule has 2 amide bonds. The van der Waals surface area contributed by atoms with E-state index in [9.17, 15) is 4.79 Å². The summed E-state index contributed by atoms with van der Waals surface area (Å²) in [6.45, 7) is 6.47. The van der Waals surface area contributed by atoms with Crippen molar-refractivity contribution in [1.29, 1.82) is 0 Å². The van der Waals surface area contributed by atoms with Gasteiger partial charge in [-0.2, -0.15) is 0 Å². The van der Waals surface area contributed by atoms with Crippen LogP contribution in [0.1, 0.15) is 26.2 Å². The predicted molar refractivity (Wildman–Crippen MR) is 98.3 cm³/mol. The minimum atomic E-state index is -0.140. The van der Waals surface area contributed by atoms with E-state index in [1.165, 1.54) is 25.8 Å². The fourth-order valence-corrected chi connectivity index (χ4v) is 3.87. The fourth-order valence-electron chi connectivity index (χ4n) is 2.72. The third-order valence-corrected chi connectivity index (χ3v) is 5.13. The number of likely N-dealkylation sites (tertiary alicyclic amines) is 1. The van der Waals surface area contributed by atoms with Crippen LogP contribution in [-0.4, -0.2) is 37.1 Å². The molecule has 0 spiro atoms. The number of nitrogens with one attached hydrogen (secondary N) is 2. The smallest absolute Gasteiger partial charge is 0.319 e. The number of carbonyl (C=O) groups is 1. The van der Waals surface area contributed by atoms with E-state index >= 15 is 0 Å². The first-order valence-corrected chi connectivity index (χ1v) is 9.39. The average Bonchev–Trinajstić information content (AvgIpc) is 2.50. The molecule has 1 fully saturated rings. The largest absolute Gasteiger partial charge is 0.338 e. The lowest BCUT2D eigenvalue weighted by Crippen LogP contribution is -2.40. The molecule has 1 aliphatic rings. The van der Waals surface area contributed by atoms with Gasteiger partial charge >= 0.3 is 6.03 Å². The molecule has 0 bridgehead atoms. The highest BCUT2D eigenvalue weighted by Gasteiger charge is 2.19. The summed E-state index contributed by atoms with van der Waals surface area (Å²) in [6.07, 6.45) is 3.55. The van der Waals surface area contributed by atoms with Crippen molar-refractivity contribution < 1.29 is 4.79 Å². The zero-order valence-electron chi connectivity index (χ0n) is 12.9. The maximum Gasteiger partial charge on any atom is 0.319 e. The average molecular weight is 433 g/mol. The number of halogens is 2. The molecular formula is C16H23Br2N3O. The quantitative estimate of drug-likeness (QED) is 0.721. The van der Waals surface area contributed by atoms with Gasteiger partial charge in [0.2, 0.25) is 0 Å². The van der Waals surface area contributed by atoms with Crippen molar-refractivity contribution in [2.75, 3.05) is 31.5 Å². The van der Waals surface area contributed by atoms with Crippen LogP contribution in [0.15, 0.2) is 27.1 Å². The van der Waals surface area contributed by atoms with Crippen molar-refractivity contribution >= 4 is 43.6 Å². The molecule has 0 saturated carbocycles. The Labute approximate surface area is 149 Å². The molecule has 0 atom stereocenters. The summed E-state index contributed by atoms with van der Waals surface area (Å²) < 4.78 is 1.84. The first-order chi connectivity index (χ1) is 10.6. The van der Waals surface area contributed by atoms with Crippen molar-refractivity contribution in [2.24, 2.45) is 5.92 Å². The Morgan fingerprint density at radius 3 is 2.68 bits per heavy atom. The van der Waals surface area contributed by atoms with Crippen molar-refractivity contribution in [1.82, 2.24) is 10.2 Å². The minimum absolute atomic E-state index is 0.140. The lowest BCUT2D eigenvalue weighted by molar-refractivity contribution is 0.182. The highest BCUT2D eigenvalue weighted by molar-refractivity contribution is 9.11. The highest BCUT2D eigenvalue weighted by Crippen LogP contribution is 2.26. The van der Waals surface area contributed by atoms with Crippen LogP contribution in [0.5, 0.6) is 0 Å². The van der Waals surface area contributed by atoms with E-state index in [-0.39, 0.29) is 6.03 Å². The minimum Gasteiger partial charge on any atom is -0.338 e. The molecule has 0 radical (unpaired) electrons. The number of rotatable bonds is 5. The Kier molecular flexibility index (Phi) is 7.18. The Balaban J connectivity index is 1.72. The summed E-state index contributed by atoms with van der Waals surface area (Å²) in [4.78, 5) is 14.5. The van der Waals surface area contributed by atoms with Gasteiger partial charge in [0.25, 0.3) is 0 Å². The van der Waals surface area contributed by atoms with E-state index in [4.69, 9.17) is 0 Å². The van der Waals surface area contributed by atoms with Gasteiger partial charge in [-0.25, -0.2) is 4.79 Å². The molecule has 0 unspecified atom stereocenters. The lowest BCUT2D eigenvalue weighted by Gasteiger charge is -2.31. The van der Waals surface area contributed by atoms with Gasteiger partial charge in [-0.3, -0.25) is 0 Å². The van der Waals surface area contributed by atoms with E-state index < -0.39 is 0 Å². The van der Waals surface area contributed by atoms with E-state index in [0.717, 1.165) is 34.3 Å². The van der Waals surface area contributed by atoms with Crippen molar-refractivity contribution in [3.63, 3.8) is 0 Å². The summed E-state index contributed by atoms with van der Waals surface area (Å²) in [7, 11) is 0. The van der Waals surface area contributed by atoms with Gasteiger partial charge < -0.3 is 15.5 Å². The summed E-state index contributed by atoms with van der Waals surface area (Å²) in [5.74, 6) is 0.590. The number of piperidine rings is 1. The first kappa shape index (κ1) is 17.8. The number of urea groups is 1. The molecule has 1 aromatic rings. The summed E-state index contributed by atoms with van der Waals surface area (Å²) in [5, 5.41) is 5.87. The normalized spacial score (nSPS) is 16.5. The lowest BCUT2D eigenvalue weighted by atomic mass is 9.97. The second-order valence-corrected chi connectivity index (χ2v) is 7.51. The standard InChI is InChI=1S/C16H23Br2N3O/c1-2-7-21-8-5-12(6-9-21)11-19-16(22)20-15-4-3-13(17)10-14(15)18/h3-4,10,12H,2,5-9,11H2,1H3,(H2,19,20,22). The van der Waals surface area contributed by atoms with E-state index in [1.54, 1.807) is 0 Å². The summed E-state index contributed by atoms with van der Waals surface area (Å²) >= 11 is 6.85. The van der Waals surface area contributed by atoms with Crippen LogP contribution in [0.3, 0.4) is 0 Å². The van der Waals surface area contributed by atoms with Crippen LogP contribution < -0.4 is 10.6 Å². The zero-order valence-corrected chi connectivity index (χ0v) is 16.0. The first-order valence-electron chi connectivity index (χ1n) is 7.80. The summed E-state index contributed by atoms with van der Waals surface area (Å²) in [5.41, 5.74) is 0.776. The predicted octanol–water partition coefficient (Wildman–Crippen LogP) is 4.46. The molecule has 2 rings (SSSR count). The van der Waals surface area contributed by atoms with Crippen LogP contribution in [0, 0.1) is 5.92 Å². The zero-order chi connectivity index (χ0) is 15.9. The Bertz CT molecular complexity index is 502. The molecule has 2 N–H and O–H groups in total. The molecular weight excluding hydrogens is 410 g/mol. The maximum atomic E-state index is 12.0. The molecule has 0 aromatic heterocycles. The molecule has 22 heavy (non-hydrogen) atoms. The highest BCUT2D eigenvalue weighted by atomic mass is 79.9.